The van der Waals surface area contributed by atoms with Crippen LogP contribution < -0.4 is 4.80 Å². The molecule has 0 bridgehead atoms. The first-order chi connectivity index (χ1) is 13.4. The molecule has 4 rings (SSSR count). The zero-order chi connectivity index (χ0) is 19.9. The van der Waals surface area contributed by atoms with Gasteiger partial charge in [-0.3, -0.25) is 4.79 Å². The molecule has 1 aliphatic rings. The second-order valence-corrected chi connectivity index (χ2v) is 11.3. The number of thiophene rings is 1. The Morgan fingerprint density at radius 2 is 2.14 bits per heavy atom. The molecule has 6 nitrogen and oxygen atoms in total. The molecule has 1 aliphatic heterocycles. The average Bonchev–Trinajstić information content (AvgIpc) is 3.41. The van der Waals surface area contributed by atoms with Gasteiger partial charge in [-0.15, -0.1) is 11.3 Å². The van der Waals surface area contributed by atoms with Gasteiger partial charge in [-0.1, -0.05) is 23.5 Å². The molecule has 0 saturated carbocycles. The van der Waals surface area contributed by atoms with Crippen LogP contribution in [0.1, 0.15) is 19.8 Å². The van der Waals surface area contributed by atoms with Gasteiger partial charge in [0.2, 0.25) is 0 Å². The number of hydrogen-bond donors (Lipinski definition) is 0. The number of amides is 1. The lowest BCUT2D eigenvalue weighted by Crippen LogP contribution is -2.40. The van der Waals surface area contributed by atoms with E-state index in [1.54, 1.807) is 17.5 Å². The van der Waals surface area contributed by atoms with Gasteiger partial charge >= 0.3 is 0 Å². The van der Waals surface area contributed by atoms with E-state index < -0.39 is 22.0 Å². The van der Waals surface area contributed by atoms with Crippen LogP contribution in [-0.2, 0) is 21.4 Å². The van der Waals surface area contributed by atoms with E-state index in [4.69, 9.17) is 0 Å². The van der Waals surface area contributed by atoms with Crippen molar-refractivity contribution in [3.63, 3.8) is 0 Å². The van der Waals surface area contributed by atoms with Crippen molar-refractivity contribution in [3.05, 3.63) is 45.0 Å². The predicted molar refractivity (Wildman–Crippen MR) is 115 cm³/mol. The number of sulfonamides is 1. The first-order valence-corrected chi connectivity index (χ1v) is 12.8. The van der Waals surface area contributed by atoms with E-state index in [-0.39, 0.29) is 4.21 Å². The summed E-state index contributed by atoms with van der Waals surface area (Å²) in [4.78, 5) is 17.9. The molecule has 1 aromatic carbocycles. The number of benzene rings is 1. The Labute approximate surface area is 179 Å². The van der Waals surface area contributed by atoms with Crippen molar-refractivity contribution in [1.82, 2.24) is 8.87 Å². The van der Waals surface area contributed by atoms with Gasteiger partial charge in [-0.2, -0.15) is 9.30 Å². The normalized spacial score (nSPS) is 18.9. The number of carbonyl (C=O) groups is 1. The van der Waals surface area contributed by atoms with Gasteiger partial charge < -0.3 is 4.57 Å². The Morgan fingerprint density at radius 3 is 2.86 bits per heavy atom. The Bertz CT molecular complexity index is 1200. The van der Waals surface area contributed by atoms with Crippen LogP contribution in [0.5, 0.6) is 0 Å². The van der Waals surface area contributed by atoms with Crippen LogP contribution in [-0.4, -0.2) is 35.8 Å². The molecule has 0 spiro atoms. The lowest BCUT2D eigenvalue weighted by molar-refractivity contribution is -0.121. The molecule has 0 radical (unpaired) electrons. The summed E-state index contributed by atoms with van der Waals surface area (Å²) in [6.07, 6.45) is 1.15. The number of aryl methyl sites for hydroxylation is 1. The summed E-state index contributed by atoms with van der Waals surface area (Å²) >= 11 is 6.17. The fourth-order valence-electron chi connectivity index (χ4n) is 3.43. The Kier molecular flexibility index (Phi) is 5.58. The molecule has 148 valence electrons. The number of hydrogen-bond acceptors (Lipinski definition) is 5. The van der Waals surface area contributed by atoms with Crippen molar-refractivity contribution < 1.29 is 13.2 Å². The Balaban J connectivity index is 1.74. The first-order valence-electron chi connectivity index (χ1n) is 8.85. The summed E-state index contributed by atoms with van der Waals surface area (Å²) in [7, 11) is -3.67. The zero-order valence-corrected chi connectivity index (χ0v) is 19.1. The summed E-state index contributed by atoms with van der Waals surface area (Å²) in [6.45, 7) is 3.01. The van der Waals surface area contributed by atoms with Crippen LogP contribution in [0.2, 0.25) is 0 Å². The number of nitrogens with zero attached hydrogens (tertiary/aromatic N) is 3. The molecule has 1 unspecified atom stereocenters. The zero-order valence-electron chi connectivity index (χ0n) is 15.0. The molecule has 1 fully saturated rings. The summed E-state index contributed by atoms with van der Waals surface area (Å²) < 4.78 is 31.3. The molecule has 0 N–H and O–H groups in total. The highest BCUT2D eigenvalue weighted by Gasteiger charge is 2.39. The minimum absolute atomic E-state index is 0.265. The largest absolute Gasteiger partial charge is 0.316 e. The molecule has 1 amide bonds. The molecule has 10 heteroatoms. The number of aromatic nitrogens is 1. The van der Waals surface area contributed by atoms with E-state index in [1.807, 2.05) is 29.7 Å². The monoisotopic (exact) mass is 499 g/mol. The molecular formula is C18H18BrN3O3S3. The summed E-state index contributed by atoms with van der Waals surface area (Å²) in [5.74, 6) is -0.400. The number of fused-ring (bicyclic) bond motifs is 1. The second-order valence-electron chi connectivity index (χ2n) is 6.37. The van der Waals surface area contributed by atoms with Gasteiger partial charge in [0.15, 0.2) is 4.80 Å². The van der Waals surface area contributed by atoms with Crippen LogP contribution in [0.25, 0.3) is 10.2 Å². The lowest BCUT2D eigenvalue weighted by atomic mass is 10.2. The van der Waals surface area contributed by atoms with Gasteiger partial charge in [-0.05, 0) is 59.3 Å². The third-order valence-corrected chi connectivity index (χ3v) is 9.69. The highest BCUT2D eigenvalue weighted by atomic mass is 79.9. The van der Waals surface area contributed by atoms with Crippen molar-refractivity contribution in [1.29, 1.82) is 0 Å². The second kappa shape index (κ2) is 7.83. The Morgan fingerprint density at radius 1 is 1.32 bits per heavy atom. The topological polar surface area (TPSA) is 71.7 Å². The van der Waals surface area contributed by atoms with Crippen molar-refractivity contribution in [3.8, 4) is 0 Å². The number of halogens is 1. The number of carbonyl (C=O) groups excluding carboxylic acids is 1. The van der Waals surface area contributed by atoms with Crippen molar-refractivity contribution in [2.24, 2.45) is 4.99 Å². The van der Waals surface area contributed by atoms with E-state index in [1.165, 1.54) is 27.0 Å². The van der Waals surface area contributed by atoms with E-state index >= 15 is 0 Å². The van der Waals surface area contributed by atoms with Crippen LogP contribution in [0.15, 0.2) is 49.4 Å². The van der Waals surface area contributed by atoms with Gasteiger partial charge in [0.25, 0.3) is 15.9 Å². The van der Waals surface area contributed by atoms with E-state index in [0.29, 0.717) is 30.7 Å². The molecule has 1 atom stereocenters. The number of thiazole rings is 1. The van der Waals surface area contributed by atoms with Crippen molar-refractivity contribution in [2.45, 2.75) is 36.6 Å². The maximum absolute atomic E-state index is 13.0. The van der Waals surface area contributed by atoms with Crippen LogP contribution >= 0.6 is 38.6 Å². The molecule has 1 saturated heterocycles. The first kappa shape index (κ1) is 20.0. The third kappa shape index (κ3) is 3.41. The molecule has 0 aliphatic carbocycles. The van der Waals surface area contributed by atoms with E-state index in [2.05, 4.69) is 20.9 Å². The predicted octanol–water partition coefficient (Wildman–Crippen LogP) is 3.83. The van der Waals surface area contributed by atoms with Crippen LogP contribution in [0, 0.1) is 0 Å². The maximum Gasteiger partial charge on any atom is 0.266 e. The lowest BCUT2D eigenvalue weighted by Gasteiger charge is -2.20. The minimum Gasteiger partial charge on any atom is -0.316 e. The summed E-state index contributed by atoms with van der Waals surface area (Å²) in [6, 6.07) is 8.43. The van der Waals surface area contributed by atoms with Gasteiger partial charge in [-0.25, -0.2) is 8.42 Å². The summed E-state index contributed by atoms with van der Waals surface area (Å²) in [5.41, 5.74) is 0.996. The van der Waals surface area contributed by atoms with Gasteiger partial charge in [0.1, 0.15) is 10.3 Å². The summed E-state index contributed by atoms with van der Waals surface area (Å²) in [5, 5.41) is 1.73. The fraction of sp³-hybridized carbons (Fsp3) is 0.333. The fourth-order valence-corrected chi connectivity index (χ4v) is 8.04. The maximum atomic E-state index is 13.0. The van der Waals surface area contributed by atoms with Crippen molar-refractivity contribution >= 4 is 64.8 Å². The van der Waals surface area contributed by atoms with Gasteiger partial charge in [0, 0.05) is 17.6 Å². The molecular weight excluding hydrogens is 482 g/mol. The number of para-hydroxylation sites is 1. The smallest absolute Gasteiger partial charge is 0.266 e. The van der Waals surface area contributed by atoms with E-state index in [0.717, 1.165) is 14.7 Å². The Hall–Kier alpha value is -1.33. The highest BCUT2D eigenvalue weighted by Crippen LogP contribution is 2.29. The highest BCUT2D eigenvalue weighted by molar-refractivity contribution is 9.10. The third-order valence-electron chi connectivity index (χ3n) is 4.72. The molecule has 3 heterocycles. The van der Waals surface area contributed by atoms with Crippen molar-refractivity contribution in [2.75, 3.05) is 6.54 Å². The van der Waals surface area contributed by atoms with Gasteiger partial charge in [0.05, 0.1) is 10.2 Å². The quantitative estimate of drug-likeness (QED) is 0.547. The van der Waals surface area contributed by atoms with Crippen LogP contribution in [0.4, 0.5) is 0 Å². The number of rotatable bonds is 4. The molecule has 28 heavy (non-hydrogen) atoms. The minimum atomic E-state index is -3.67. The standard InChI is InChI=1S/C18H18BrN3O3S3/c1-2-21-16-12(19)6-3-8-14(16)27-18(21)20-17(23)13-7-4-10-22(13)28(24,25)15-9-5-11-26-15/h3,5-6,8-9,11,13H,2,4,7,10H2,1H3. The molecule has 3 aromatic rings. The average molecular weight is 500 g/mol. The molecule has 2 aromatic heterocycles. The van der Waals surface area contributed by atoms with E-state index in [9.17, 15) is 13.2 Å². The van der Waals surface area contributed by atoms with Crippen LogP contribution in [0.3, 0.4) is 0 Å². The SMILES string of the molecule is CCn1c(=NC(=O)C2CCCN2S(=O)(=O)c2cccs2)sc2cccc(Br)c21.